The van der Waals surface area contributed by atoms with E-state index in [0.29, 0.717) is 5.92 Å². The fraction of sp³-hybridized carbons (Fsp3) is 0.929. The monoisotopic (exact) mass is 243 g/mol. The first-order chi connectivity index (χ1) is 8.11. The molecule has 102 valence electrons. The molecule has 0 aromatic carbocycles. The van der Waals surface area contributed by atoms with E-state index in [4.69, 9.17) is 4.74 Å². The van der Waals surface area contributed by atoms with Crippen LogP contribution in [-0.2, 0) is 9.53 Å². The van der Waals surface area contributed by atoms with Crippen LogP contribution in [0.4, 0.5) is 0 Å². The third kappa shape index (κ3) is 9.16. The molecule has 0 bridgehead atoms. The van der Waals surface area contributed by atoms with E-state index in [1.165, 1.54) is 32.8 Å². The Hall–Kier alpha value is -0.570. The van der Waals surface area contributed by atoms with Gasteiger partial charge in [-0.05, 0) is 25.3 Å². The molecule has 0 aromatic heterocycles. The number of unbranched alkanes of at least 4 members (excludes halogenated alkanes) is 4. The highest BCUT2D eigenvalue weighted by Crippen LogP contribution is 2.07. The summed E-state index contributed by atoms with van der Waals surface area (Å²) in [5, 5.41) is 3.30. The number of methoxy groups -OCH3 is 1. The van der Waals surface area contributed by atoms with Gasteiger partial charge in [-0.3, -0.25) is 4.79 Å². The van der Waals surface area contributed by atoms with Crippen LogP contribution >= 0.6 is 0 Å². The lowest BCUT2D eigenvalue weighted by Gasteiger charge is -2.18. The molecule has 0 rings (SSSR count). The molecular formula is C14H29NO2. The van der Waals surface area contributed by atoms with Crippen molar-refractivity contribution in [3.8, 4) is 0 Å². The lowest BCUT2D eigenvalue weighted by atomic mass is 10.0. The van der Waals surface area contributed by atoms with E-state index in [9.17, 15) is 4.79 Å². The maximum Gasteiger partial charge on any atom is 0.322 e. The first-order valence-corrected chi connectivity index (χ1v) is 6.93. The van der Waals surface area contributed by atoms with Crippen molar-refractivity contribution >= 4 is 5.97 Å². The molecule has 0 saturated heterocycles. The number of esters is 1. The van der Waals surface area contributed by atoms with Crippen molar-refractivity contribution in [3.05, 3.63) is 0 Å². The fourth-order valence-corrected chi connectivity index (χ4v) is 1.88. The molecule has 0 aliphatic rings. The molecule has 0 amide bonds. The minimum atomic E-state index is -0.133. The summed E-state index contributed by atoms with van der Waals surface area (Å²) in [4.78, 5) is 11.5. The Morgan fingerprint density at radius 2 is 1.82 bits per heavy atom. The predicted octanol–water partition coefficient (Wildman–Crippen LogP) is 3.13. The van der Waals surface area contributed by atoms with Crippen LogP contribution in [0.3, 0.4) is 0 Å². The molecule has 0 spiro atoms. The lowest BCUT2D eigenvalue weighted by Crippen LogP contribution is -2.39. The van der Waals surface area contributed by atoms with E-state index in [-0.39, 0.29) is 12.0 Å². The van der Waals surface area contributed by atoms with Crippen molar-refractivity contribution in [2.24, 2.45) is 5.92 Å². The zero-order valence-electron chi connectivity index (χ0n) is 11.9. The number of carbonyl (C=O) groups is 1. The number of ether oxygens (including phenoxy) is 1. The zero-order chi connectivity index (χ0) is 13.1. The van der Waals surface area contributed by atoms with Gasteiger partial charge in [-0.15, -0.1) is 0 Å². The van der Waals surface area contributed by atoms with Gasteiger partial charge in [-0.1, -0.05) is 46.5 Å². The predicted molar refractivity (Wildman–Crippen MR) is 72.0 cm³/mol. The summed E-state index contributed by atoms with van der Waals surface area (Å²) in [6.07, 6.45) is 7.12. The van der Waals surface area contributed by atoms with E-state index < -0.39 is 0 Å². The van der Waals surface area contributed by atoms with Crippen LogP contribution in [0, 0.1) is 5.92 Å². The highest BCUT2D eigenvalue weighted by molar-refractivity contribution is 5.75. The van der Waals surface area contributed by atoms with Crippen LogP contribution in [-0.4, -0.2) is 25.7 Å². The average molecular weight is 243 g/mol. The van der Waals surface area contributed by atoms with E-state index in [2.05, 4.69) is 26.1 Å². The number of hydrogen-bond acceptors (Lipinski definition) is 3. The van der Waals surface area contributed by atoms with Gasteiger partial charge in [0.15, 0.2) is 0 Å². The minimum Gasteiger partial charge on any atom is -0.468 e. The van der Waals surface area contributed by atoms with Crippen LogP contribution < -0.4 is 5.32 Å². The molecule has 3 nitrogen and oxygen atoms in total. The summed E-state index contributed by atoms with van der Waals surface area (Å²) >= 11 is 0. The summed E-state index contributed by atoms with van der Waals surface area (Å²) in [5.74, 6) is 0.374. The van der Waals surface area contributed by atoms with Crippen LogP contribution in [0.15, 0.2) is 0 Å². The van der Waals surface area contributed by atoms with Crippen molar-refractivity contribution < 1.29 is 9.53 Å². The Morgan fingerprint density at radius 3 is 2.35 bits per heavy atom. The summed E-state index contributed by atoms with van der Waals surface area (Å²) in [5.41, 5.74) is 0. The van der Waals surface area contributed by atoms with Gasteiger partial charge in [-0.25, -0.2) is 0 Å². The number of carbonyl (C=O) groups excluding carboxylic acids is 1. The first kappa shape index (κ1) is 16.4. The highest BCUT2D eigenvalue weighted by atomic mass is 16.5. The van der Waals surface area contributed by atoms with E-state index >= 15 is 0 Å². The third-order valence-electron chi connectivity index (χ3n) is 2.86. The maximum absolute atomic E-state index is 11.5. The Balaban J connectivity index is 3.72. The normalized spacial score (nSPS) is 12.8. The molecule has 0 heterocycles. The Labute approximate surface area is 106 Å². The SMILES string of the molecule is CCCCCCCNC(CC(C)C)C(=O)OC. The zero-order valence-corrected chi connectivity index (χ0v) is 11.9. The van der Waals surface area contributed by atoms with Gasteiger partial charge >= 0.3 is 5.97 Å². The van der Waals surface area contributed by atoms with Gasteiger partial charge in [0, 0.05) is 0 Å². The van der Waals surface area contributed by atoms with E-state index in [0.717, 1.165) is 19.4 Å². The van der Waals surface area contributed by atoms with Gasteiger partial charge < -0.3 is 10.1 Å². The quantitative estimate of drug-likeness (QED) is 0.473. The standard InChI is InChI=1S/C14H29NO2/c1-5-6-7-8-9-10-15-13(11-12(2)3)14(16)17-4/h12-13,15H,5-11H2,1-4H3. The Kier molecular flexibility index (Phi) is 10.2. The number of rotatable bonds is 10. The van der Waals surface area contributed by atoms with Gasteiger partial charge in [0.25, 0.3) is 0 Å². The van der Waals surface area contributed by atoms with Crippen LogP contribution in [0.1, 0.15) is 59.3 Å². The molecule has 0 aliphatic heterocycles. The molecule has 1 atom stereocenters. The van der Waals surface area contributed by atoms with Gasteiger partial charge in [0.2, 0.25) is 0 Å². The number of nitrogens with one attached hydrogen (secondary N) is 1. The fourth-order valence-electron chi connectivity index (χ4n) is 1.88. The number of hydrogen-bond donors (Lipinski definition) is 1. The van der Waals surface area contributed by atoms with Crippen molar-refractivity contribution in [2.75, 3.05) is 13.7 Å². The second-order valence-corrected chi connectivity index (χ2v) is 5.07. The second-order valence-electron chi connectivity index (χ2n) is 5.07. The summed E-state index contributed by atoms with van der Waals surface area (Å²) in [6, 6.07) is -0.133. The molecule has 0 fully saturated rings. The molecule has 1 N–H and O–H groups in total. The van der Waals surface area contributed by atoms with Gasteiger partial charge in [0.1, 0.15) is 6.04 Å². The molecule has 0 aromatic rings. The Bertz CT molecular complexity index is 193. The molecular weight excluding hydrogens is 214 g/mol. The molecule has 3 heteroatoms. The average Bonchev–Trinajstić information content (AvgIpc) is 2.30. The smallest absolute Gasteiger partial charge is 0.322 e. The largest absolute Gasteiger partial charge is 0.468 e. The molecule has 0 radical (unpaired) electrons. The van der Waals surface area contributed by atoms with E-state index in [1.54, 1.807) is 0 Å². The summed E-state index contributed by atoms with van der Waals surface area (Å²) in [6.45, 7) is 7.38. The third-order valence-corrected chi connectivity index (χ3v) is 2.86. The van der Waals surface area contributed by atoms with Crippen molar-refractivity contribution in [1.29, 1.82) is 0 Å². The van der Waals surface area contributed by atoms with Crippen LogP contribution in [0.5, 0.6) is 0 Å². The molecule has 0 saturated carbocycles. The van der Waals surface area contributed by atoms with Gasteiger partial charge in [-0.2, -0.15) is 0 Å². The van der Waals surface area contributed by atoms with Crippen molar-refractivity contribution in [1.82, 2.24) is 5.32 Å². The molecule has 0 aliphatic carbocycles. The van der Waals surface area contributed by atoms with Crippen molar-refractivity contribution in [3.63, 3.8) is 0 Å². The maximum atomic E-state index is 11.5. The van der Waals surface area contributed by atoms with Crippen LogP contribution in [0.25, 0.3) is 0 Å². The topological polar surface area (TPSA) is 38.3 Å². The first-order valence-electron chi connectivity index (χ1n) is 6.93. The molecule has 17 heavy (non-hydrogen) atoms. The van der Waals surface area contributed by atoms with Gasteiger partial charge in [0.05, 0.1) is 7.11 Å². The van der Waals surface area contributed by atoms with E-state index in [1.807, 2.05) is 0 Å². The second kappa shape index (κ2) is 10.6. The lowest BCUT2D eigenvalue weighted by molar-refractivity contribution is -0.143. The summed E-state index contributed by atoms with van der Waals surface area (Å²) in [7, 11) is 1.46. The molecule has 1 unspecified atom stereocenters. The minimum absolute atomic E-state index is 0.132. The highest BCUT2D eigenvalue weighted by Gasteiger charge is 2.19. The Morgan fingerprint density at radius 1 is 1.18 bits per heavy atom. The summed E-state index contributed by atoms with van der Waals surface area (Å²) < 4.78 is 4.81. The van der Waals surface area contributed by atoms with Crippen LogP contribution in [0.2, 0.25) is 0 Å². The van der Waals surface area contributed by atoms with Crippen molar-refractivity contribution in [2.45, 2.75) is 65.3 Å².